The van der Waals surface area contributed by atoms with Gasteiger partial charge in [-0.2, -0.15) is 0 Å². The van der Waals surface area contributed by atoms with Crippen LogP contribution < -0.4 is 11.1 Å². The van der Waals surface area contributed by atoms with Gasteiger partial charge in [0.25, 0.3) is 0 Å². The third-order valence-electron chi connectivity index (χ3n) is 1.29. The summed E-state index contributed by atoms with van der Waals surface area (Å²) in [7, 11) is 1.64. The molecule has 72 valence electrons. The standard InChI is InChI=1S/C8H11N3.C2H6/c1-10-8(9)11-7-5-3-2-4-6-7;1-2/h2-6H,1H3,(H3,9,10,11);1-2H3. The number of nitrogens with one attached hydrogen (secondary N) is 1. The van der Waals surface area contributed by atoms with E-state index in [2.05, 4.69) is 10.3 Å². The molecule has 0 bridgehead atoms. The van der Waals surface area contributed by atoms with E-state index in [1.807, 2.05) is 44.2 Å². The van der Waals surface area contributed by atoms with Crippen LogP contribution in [0, 0.1) is 0 Å². The molecular formula is C10H17N3. The van der Waals surface area contributed by atoms with Crippen LogP contribution in [0.3, 0.4) is 0 Å². The molecule has 0 aromatic heterocycles. The van der Waals surface area contributed by atoms with E-state index < -0.39 is 0 Å². The molecule has 3 nitrogen and oxygen atoms in total. The molecule has 1 aromatic rings. The zero-order chi connectivity index (χ0) is 10.1. The summed E-state index contributed by atoms with van der Waals surface area (Å²) >= 11 is 0. The minimum absolute atomic E-state index is 0.427. The first-order valence-corrected chi connectivity index (χ1v) is 4.37. The molecule has 0 saturated heterocycles. The summed E-state index contributed by atoms with van der Waals surface area (Å²) in [6.07, 6.45) is 0. The molecule has 0 radical (unpaired) electrons. The second-order valence-corrected chi connectivity index (χ2v) is 2.10. The van der Waals surface area contributed by atoms with Gasteiger partial charge in [0.15, 0.2) is 5.96 Å². The van der Waals surface area contributed by atoms with Gasteiger partial charge >= 0.3 is 0 Å². The van der Waals surface area contributed by atoms with Gasteiger partial charge in [0.1, 0.15) is 0 Å². The molecule has 3 heteroatoms. The lowest BCUT2D eigenvalue weighted by Gasteiger charge is -2.02. The lowest BCUT2D eigenvalue weighted by atomic mass is 10.3. The zero-order valence-electron chi connectivity index (χ0n) is 8.41. The van der Waals surface area contributed by atoms with Crippen LogP contribution in [0.25, 0.3) is 0 Å². The molecule has 1 aromatic carbocycles. The van der Waals surface area contributed by atoms with E-state index >= 15 is 0 Å². The third kappa shape index (κ3) is 4.85. The van der Waals surface area contributed by atoms with E-state index in [0.29, 0.717) is 5.96 Å². The quantitative estimate of drug-likeness (QED) is 0.512. The summed E-state index contributed by atoms with van der Waals surface area (Å²) in [5.41, 5.74) is 6.40. The maximum atomic E-state index is 5.44. The SMILES string of the molecule is CC.CN=C(N)Nc1ccccc1. The Morgan fingerprint density at radius 2 is 1.77 bits per heavy atom. The summed E-state index contributed by atoms with van der Waals surface area (Å²) in [5.74, 6) is 0.427. The first-order chi connectivity index (χ1) is 6.33. The van der Waals surface area contributed by atoms with E-state index in [4.69, 9.17) is 5.73 Å². The molecule has 0 atom stereocenters. The van der Waals surface area contributed by atoms with Crippen LogP contribution in [0.15, 0.2) is 35.3 Å². The molecule has 0 amide bonds. The Morgan fingerprint density at radius 3 is 2.23 bits per heavy atom. The molecule has 0 aliphatic carbocycles. The van der Waals surface area contributed by atoms with E-state index in [0.717, 1.165) is 5.69 Å². The number of nitrogens with zero attached hydrogens (tertiary/aromatic N) is 1. The van der Waals surface area contributed by atoms with E-state index in [-0.39, 0.29) is 0 Å². The largest absolute Gasteiger partial charge is 0.370 e. The molecule has 0 heterocycles. The Morgan fingerprint density at radius 1 is 1.23 bits per heavy atom. The Kier molecular flexibility index (Phi) is 6.32. The Bertz CT molecular complexity index is 242. The number of benzene rings is 1. The molecule has 0 spiro atoms. The highest BCUT2D eigenvalue weighted by atomic mass is 15.1. The van der Waals surface area contributed by atoms with Crippen molar-refractivity contribution in [3.8, 4) is 0 Å². The van der Waals surface area contributed by atoms with E-state index in [9.17, 15) is 0 Å². The van der Waals surface area contributed by atoms with E-state index in [1.54, 1.807) is 7.05 Å². The fourth-order valence-electron chi connectivity index (χ4n) is 0.725. The van der Waals surface area contributed by atoms with Gasteiger partial charge in [0.05, 0.1) is 0 Å². The van der Waals surface area contributed by atoms with Crippen LogP contribution in [0.1, 0.15) is 13.8 Å². The third-order valence-corrected chi connectivity index (χ3v) is 1.29. The fourth-order valence-corrected chi connectivity index (χ4v) is 0.725. The Balaban J connectivity index is 0.000000671. The predicted octanol–water partition coefficient (Wildman–Crippen LogP) is 2.07. The van der Waals surface area contributed by atoms with Crippen LogP contribution in [0.5, 0.6) is 0 Å². The zero-order valence-corrected chi connectivity index (χ0v) is 8.41. The summed E-state index contributed by atoms with van der Waals surface area (Å²) in [6, 6.07) is 9.68. The number of aliphatic imine (C=N–C) groups is 1. The molecule has 1 rings (SSSR count). The average molecular weight is 179 g/mol. The van der Waals surface area contributed by atoms with Crippen molar-refractivity contribution in [2.45, 2.75) is 13.8 Å². The lowest BCUT2D eigenvalue weighted by molar-refractivity contribution is 1.38. The summed E-state index contributed by atoms with van der Waals surface area (Å²) in [4.78, 5) is 3.77. The number of rotatable bonds is 1. The maximum absolute atomic E-state index is 5.44. The summed E-state index contributed by atoms with van der Waals surface area (Å²) in [5, 5.41) is 2.92. The lowest BCUT2D eigenvalue weighted by Crippen LogP contribution is -2.21. The van der Waals surface area contributed by atoms with Crippen molar-refractivity contribution in [2.75, 3.05) is 12.4 Å². The first kappa shape index (κ1) is 11.5. The van der Waals surface area contributed by atoms with Gasteiger partial charge in [-0.3, -0.25) is 4.99 Å². The van der Waals surface area contributed by atoms with Crippen molar-refractivity contribution in [3.05, 3.63) is 30.3 Å². The van der Waals surface area contributed by atoms with Gasteiger partial charge < -0.3 is 11.1 Å². The molecule has 0 unspecified atom stereocenters. The predicted molar refractivity (Wildman–Crippen MR) is 59.0 cm³/mol. The fraction of sp³-hybridized carbons (Fsp3) is 0.300. The molecule has 0 aliphatic rings. The van der Waals surface area contributed by atoms with Crippen molar-refractivity contribution < 1.29 is 0 Å². The van der Waals surface area contributed by atoms with Crippen molar-refractivity contribution >= 4 is 11.6 Å². The smallest absolute Gasteiger partial charge is 0.192 e. The number of hydrogen-bond acceptors (Lipinski definition) is 1. The molecule has 3 N–H and O–H groups in total. The van der Waals surface area contributed by atoms with Gasteiger partial charge in [-0.05, 0) is 12.1 Å². The minimum Gasteiger partial charge on any atom is -0.370 e. The summed E-state index contributed by atoms with van der Waals surface area (Å²) < 4.78 is 0. The number of anilines is 1. The minimum atomic E-state index is 0.427. The number of nitrogens with two attached hydrogens (primary N) is 1. The first-order valence-electron chi connectivity index (χ1n) is 4.37. The molecule has 13 heavy (non-hydrogen) atoms. The second-order valence-electron chi connectivity index (χ2n) is 2.10. The van der Waals surface area contributed by atoms with Crippen LogP contribution in [0.2, 0.25) is 0 Å². The van der Waals surface area contributed by atoms with Gasteiger partial charge in [0, 0.05) is 12.7 Å². The maximum Gasteiger partial charge on any atom is 0.192 e. The average Bonchev–Trinajstić information content (AvgIpc) is 2.22. The molecule has 0 aliphatic heterocycles. The summed E-state index contributed by atoms with van der Waals surface area (Å²) in [6.45, 7) is 4.00. The Hall–Kier alpha value is -1.51. The van der Waals surface area contributed by atoms with Crippen LogP contribution in [0.4, 0.5) is 5.69 Å². The van der Waals surface area contributed by atoms with Crippen molar-refractivity contribution in [1.82, 2.24) is 0 Å². The monoisotopic (exact) mass is 179 g/mol. The van der Waals surface area contributed by atoms with Crippen molar-refractivity contribution in [3.63, 3.8) is 0 Å². The second kappa shape index (κ2) is 7.16. The molecule has 0 fully saturated rings. The molecular weight excluding hydrogens is 162 g/mol. The van der Waals surface area contributed by atoms with Gasteiger partial charge in [0.2, 0.25) is 0 Å². The van der Waals surface area contributed by atoms with Gasteiger partial charge in [-0.15, -0.1) is 0 Å². The Labute approximate surface area is 79.7 Å². The number of guanidine groups is 1. The highest BCUT2D eigenvalue weighted by molar-refractivity contribution is 5.91. The van der Waals surface area contributed by atoms with Crippen LogP contribution in [-0.2, 0) is 0 Å². The van der Waals surface area contributed by atoms with Gasteiger partial charge in [-0.1, -0.05) is 32.0 Å². The molecule has 0 saturated carbocycles. The van der Waals surface area contributed by atoms with Crippen LogP contribution >= 0.6 is 0 Å². The van der Waals surface area contributed by atoms with Crippen LogP contribution in [-0.4, -0.2) is 13.0 Å². The number of hydrogen-bond donors (Lipinski definition) is 2. The highest BCUT2D eigenvalue weighted by Crippen LogP contribution is 2.03. The van der Waals surface area contributed by atoms with Gasteiger partial charge in [-0.25, -0.2) is 0 Å². The van der Waals surface area contributed by atoms with Crippen molar-refractivity contribution in [1.29, 1.82) is 0 Å². The highest BCUT2D eigenvalue weighted by Gasteiger charge is 1.89. The normalized spacial score (nSPS) is 9.92. The number of para-hydroxylation sites is 1. The van der Waals surface area contributed by atoms with Crippen molar-refractivity contribution in [2.24, 2.45) is 10.7 Å². The van der Waals surface area contributed by atoms with E-state index in [1.165, 1.54) is 0 Å². The topological polar surface area (TPSA) is 50.4 Å².